The monoisotopic (exact) mass is 1410 g/mol. The number of hydrogen-bond donors (Lipinski definition) is 0. The van der Waals surface area contributed by atoms with E-state index in [9.17, 15) is 30.6 Å². The number of nitrogens with zero attached hydrogens (tertiary/aromatic N) is 3. The van der Waals surface area contributed by atoms with Gasteiger partial charge in [-0.05, 0) is 187 Å². The van der Waals surface area contributed by atoms with Gasteiger partial charge in [-0.15, -0.1) is 36.6 Å². The number of hydrogen-bond acceptors (Lipinski definition) is 11. The first-order valence-corrected chi connectivity index (χ1v) is 38.3. The Hall–Kier alpha value is -6.67. The van der Waals surface area contributed by atoms with Gasteiger partial charge >= 0.3 is 0 Å². The molecule has 5 aliphatic carbocycles. The van der Waals surface area contributed by atoms with Gasteiger partial charge in [0.1, 0.15) is 11.5 Å². The van der Waals surface area contributed by atoms with Gasteiger partial charge in [-0.3, -0.25) is 0 Å². The van der Waals surface area contributed by atoms with Crippen LogP contribution in [0.3, 0.4) is 0 Å². The van der Waals surface area contributed by atoms with Gasteiger partial charge in [-0.2, -0.15) is 0 Å². The molecule has 0 radical (unpaired) electrons. The van der Waals surface area contributed by atoms with Crippen molar-refractivity contribution in [1.29, 1.82) is 0 Å². The molecule has 0 bridgehead atoms. The Kier molecular flexibility index (Phi) is 20.7. The molecule has 5 aliphatic heterocycles. The maximum Gasteiger partial charge on any atom is 0.110 e. The molecule has 103 heavy (non-hydrogen) atoms. The molecule has 6 unspecified atom stereocenters. The molecule has 552 valence electrons. The molecular weight excluding hydrogens is 1290 g/mol. The quantitative estimate of drug-likeness (QED) is 0.153. The van der Waals surface area contributed by atoms with E-state index in [1.165, 1.54) is 37.6 Å². The van der Waals surface area contributed by atoms with Crippen LogP contribution < -0.4 is 45.3 Å². The van der Waals surface area contributed by atoms with Gasteiger partial charge in [0.2, 0.25) is 0 Å². The lowest BCUT2D eigenvalue weighted by Crippen LogP contribution is -2.67. The van der Waals surface area contributed by atoms with E-state index < -0.39 is 72.1 Å². The Bertz CT molecular complexity index is 4270. The topological polar surface area (TPSA) is 157 Å². The molecule has 0 amide bonds. The molecule has 3 aromatic carbocycles. The van der Waals surface area contributed by atoms with Crippen molar-refractivity contribution < 1.29 is 35.4 Å². The summed E-state index contributed by atoms with van der Waals surface area (Å²) in [6, 6.07) is 33.7. The van der Waals surface area contributed by atoms with E-state index in [-0.39, 0.29) is 37.9 Å². The summed E-state index contributed by atoms with van der Waals surface area (Å²) in [5.74, 6) is -0.902. The second-order valence-electron chi connectivity index (χ2n) is 36.8. The van der Waals surface area contributed by atoms with Crippen LogP contribution in [0.15, 0.2) is 201 Å². The third kappa shape index (κ3) is 14.0. The number of fused-ring (bicyclic) bond motifs is 4. The highest BCUT2D eigenvalue weighted by Gasteiger charge is 2.47. The van der Waals surface area contributed by atoms with E-state index >= 15 is 0 Å². The number of thioether (sulfide) groups is 1. The molecule has 0 aromatic heterocycles. The summed E-state index contributed by atoms with van der Waals surface area (Å²) in [7, 11) is 6.11. The maximum absolute atomic E-state index is 13.6. The number of likely N-dealkylation sites (N-methyl/N-ethyl adjacent to an activating group) is 3. The zero-order valence-corrected chi connectivity index (χ0v) is 67.3. The van der Waals surface area contributed by atoms with Crippen LogP contribution in [0, 0.1) is 65.1 Å². The van der Waals surface area contributed by atoms with Crippen molar-refractivity contribution in [3.8, 4) is 11.1 Å². The third-order valence-corrected chi connectivity index (χ3v) is 25.7. The highest BCUT2D eigenvalue weighted by molar-refractivity contribution is 8.06. The molecule has 3 saturated carbocycles. The van der Waals surface area contributed by atoms with E-state index in [0.29, 0.717) is 5.92 Å². The summed E-state index contributed by atoms with van der Waals surface area (Å²) in [5.41, 5.74) is 19.0. The Labute approximate surface area is 622 Å². The number of benzene rings is 3. The lowest BCUT2D eigenvalue weighted by molar-refractivity contribution is -0.551. The number of anilines is 3. The van der Waals surface area contributed by atoms with Crippen molar-refractivity contribution >= 4 is 28.8 Å². The van der Waals surface area contributed by atoms with Crippen molar-refractivity contribution in [3.05, 3.63) is 240 Å². The van der Waals surface area contributed by atoms with Crippen LogP contribution in [0.5, 0.6) is 0 Å². The van der Waals surface area contributed by atoms with Gasteiger partial charge < -0.3 is 50.1 Å². The smallest absolute Gasteiger partial charge is 0.110 e. The van der Waals surface area contributed by atoms with E-state index in [1.807, 2.05) is 101 Å². The van der Waals surface area contributed by atoms with Crippen molar-refractivity contribution in [3.63, 3.8) is 0 Å². The second kappa shape index (κ2) is 27.6. The minimum Gasteiger partial charge on any atom is -0.851 e. The van der Waals surface area contributed by atoms with Crippen LogP contribution in [0.25, 0.3) is 11.1 Å². The lowest BCUT2D eigenvalue weighted by atomic mass is 9.64. The van der Waals surface area contributed by atoms with Gasteiger partial charge in [0.25, 0.3) is 0 Å². The van der Waals surface area contributed by atoms with Crippen LogP contribution in [-0.4, -0.2) is 57.8 Å². The highest BCUT2D eigenvalue weighted by atomic mass is 32.2. The fourth-order valence-corrected chi connectivity index (χ4v) is 18.2. The molecular formula is C92H115N3O7S-6. The predicted molar refractivity (Wildman–Crippen MR) is 417 cm³/mol. The number of rotatable bonds is 7. The molecule has 6 atom stereocenters. The zero-order chi connectivity index (χ0) is 75.8. The van der Waals surface area contributed by atoms with Crippen LogP contribution in [0.1, 0.15) is 196 Å². The molecule has 13 rings (SSSR count). The molecule has 5 heterocycles. The average Bonchev–Trinajstić information content (AvgIpc) is 1.66. The normalized spacial score (nSPS) is 28.7. The Morgan fingerprint density at radius 1 is 0.466 bits per heavy atom. The summed E-state index contributed by atoms with van der Waals surface area (Å²) in [4.78, 5) is 9.00. The zero-order valence-electron chi connectivity index (χ0n) is 66.5. The molecule has 3 fully saturated rings. The van der Waals surface area contributed by atoms with Gasteiger partial charge in [-0.25, -0.2) is 0 Å². The van der Waals surface area contributed by atoms with E-state index in [1.54, 1.807) is 0 Å². The third-order valence-electron chi connectivity index (χ3n) is 23.8. The molecule has 3 aromatic rings. The fraction of sp³-hybridized carbons (Fsp3) is 0.500. The van der Waals surface area contributed by atoms with Crippen LogP contribution in [0.4, 0.5) is 17.1 Å². The fourth-order valence-electron chi connectivity index (χ4n) is 17.0. The van der Waals surface area contributed by atoms with Crippen molar-refractivity contribution in [2.24, 2.45) is 51.2 Å². The number of allylic oxidation sites excluding steroid dienone is 13. The molecule has 10 aliphatic rings. The summed E-state index contributed by atoms with van der Waals surface area (Å²) in [6.07, 6.45) is 10.7. The first-order chi connectivity index (χ1) is 47.7. The van der Waals surface area contributed by atoms with E-state index in [4.69, 9.17) is 4.74 Å². The summed E-state index contributed by atoms with van der Waals surface area (Å²) < 4.78 is 6.27. The number of aryl methyl sites for hydroxylation is 2. The van der Waals surface area contributed by atoms with Crippen molar-refractivity contribution in [2.45, 2.75) is 224 Å². The molecule has 11 heteroatoms. The minimum atomic E-state index is -0.953. The van der Waals surface area contributed by atoms with Crippen LogP contribution in [-0.2, 0) is 21.0 Å². The minimum absolute atomic E-state index is 0.0163. The van der Waals surface area contributed by atoms with E-state index in [0.717, 1.165) is 84.6 Å². The van der Waals surface area contributed by atoms with Crippen LogP contribution >= 0.6 is 11.8 Å². The Morgan fingerprint density at radius 3 is 1.20 bits per heavy atom. The molecule has 0 N–H and O–H groups in total. The summed E-state index contributed by atoms with van der Waals surface area (Å²) in [5, 5.41) is 80.8. The molecule has 0 saturated heterocycles. The average molecular weight is 1410 g/mol. The van der Waals surface area contributed by atoms with Gasteiger partial charge in [-0.1, -0.05) is 259 Å². The Morgan fingerprint density at radius 2 is 0.835 bits per heavy atom. The largest absolute Gasteiger partial charge is 0.851 e. The number of ether oxygens (including phenoxy) is 1. The van der Waals surface area contributed by atoms with Crippen molar-refractivity contribution in [2.75, 3.05) is 35.8 Å². The first kappa shape index (κ1) is 77.4. The second-order valence-corrected chi connectivity index (χ2v) is 37.9. The molecule has 10 nitrogen and oxygen atoms in total. The first-order valence-electron chi connectivity index (χ1n) is 37.5. The highest BCUT2D eigenvalue weighted by Crippen LogP contribution is 2.56. The van der Waals surface area contributed by atoms with Crippen LogP contribution in [0.2, 0.25) is 0 Å². The molecule has 0 spiro atoms. The van der Waals surface area contributed by atoms with E-state index in [2.05, 4.69) is 252 Å². The summed E-state index contributed by atoms with van der Waals surface area (Å²) >= 11 is 1.83. The standard InChI is InChI=1S/C31H41NO3.C31H35NO2.C30H39NO2S/c1-18(19-15-24(29(2,3)4)35-25(16-19)30(5,6)7)26-27(33)20(28(26)34)17-23-31(8,9)21-13-11-12-14-22(21)32(23)10;1-17(2)20-13-12-18(3)27-21(15-20)19(4)14-22(27)28-29(33)23(30(28)34)16-26-31(5,6)24-10-8-9-11-25(24)32(26)7;1-28(2,3)24-15-18(16-25(34-24)29(4,5)6)14-19-26(32)20(27(19)33)17-23-30(7,8)21-12-10-11-13-22(21)31(23)9/h11-17,20,26-28H,1-10H3;8-17,23,28-30H,1-7H3;10-17,19-20,26-27H,1-9H3/q3*-2. The maximum atomic E-state index is 13.6. The van der Waals surface area contributed by atoms with Crippen molar-refractivity contribution in [1.82, 2.24) is 0 Å². The van der Waals surface area contributed by atoms with Gasteiger partial charge in [0.15, 0.2) is 0 Å². The van der Waals surface area contributed by atoms with Gasteiger partial charge in [0.05, 0.1) is 0 Å². The summed E-state index contributed by atoms with van der Waals surface area (Å²) in [6.45, 7) is 49.6. The number of para-hydroxylation sites is 3. The van der Waals surface area contributed by atoms with Gasteiger partial charge in [0, 0.05) is 82.4 Å². The predicted octanol–water partition coefficient (Wildman–Crippen LogP) is 15.8. The SMILES string of the molecule is CC(=C1C=C(C(C)(C)C)OC(C(C)(C)C)=C1)C1C([O-])C(C=C2N(C)c3ccccc3C2(C)C)C1[O-].CN1C(=CC2C([O-])C(C=C3C=C(C(C)(C)C)SC(C(C)(C)C)=C3)C2[O-])C(C)(C)c2ccccc21.Cc1cc(C2C([O-])C(C=C3N(C)c4ccccc4C3(C)C)C2[O-])c2c(C)ccc(C(C)C)cc1-2. The Balaban J connectivity index is 0.000000155. The lowest BCUT2D eigenvalue weighted by Gasteiger charge is -2.61.